The van der Waals surface area contributed by atoms with Gasteiger partial charge in [0.2, 0.25) is 0 Å². The number of halogens is 1. The summed E-state index contributed by atoms with van der Waals surface area (Å²) in [5.41, 5.74) is 0. The molecule has 0 N–H and O–H groups in total. The Hall–Kier alpha value is -0.590. The van der Waals surface area contributed by atoms with E-state index in [2.05, 4.69) is 4.74 Å². The molecule has 0 fully saturated rings. The molecular formula is C8H9ClO4S2. The number of rotatable bonds is 3. The number of ether oxygens (including phenoxy) is 1. The molecular weight excluding hydrogens is 260 g/mol. The van der Waals surface area contributed by atoms with Crippen molar-refractivity contribution in [3.8, 4) is 0 Å². The van der Waals surface area contributed by atoms with E-state index in [9.17, 15) is 13.2 Å². The molecule has 1 aromatic rings. The number of hydrogen-bond acceptors (Lipinski definition) is 5. The predicted octanol–water partition coefficient (Wildman–Crippen LogP) is 1.98. The molecule has 1 heterocycles. The summed E-state index contributed by atoms with van der Waals surface area (Å²) in [5.74, 6) is -0.761. The molecule has 7 heteroatoms. The van der Waals surface area contributed by atoms with E-state index in [1.54, 1.807) is 0 Å². The Labute approximate surface area is 96.7 Å². The summed E-state index contributed by atoms with van der Waals surface area (Å²) in [6, 6.07) is 1.28. The third-order valence-electron chi connectivity index (χ3n) is 1.75. The van der Waals surface area contributed by atoms with Gasteiger partial charge >= 0.3 is 5.97 Å². The highest BCUT2D eigenvalue weighted by atomic mass is 35.5. The van der Waals surface area contributed by atoms with Crippen molar-refractivity contribution in [3.05, 3.63) is 15.3 Å². The average molecular weight is 269 g/mol. The summed E-state index contributed by atoms with van der Waals surface area (Å²) in [6.07, 6.45) is 0. The second-order valence-electron chi connectivity index (χ2n) is 2.64. The fourth-order valence-electron chi connectivity index (χ4n) is 0.967. The third kappa shape index (κ3) is 2.50. The summed E-state index contributed by atoms with van der Waals surface area (Å²) < 4.78 is 27.9. The van der Waals surface area contributed by atoms with Gasteiger partial charge in [0, 0.05) is 0 Å². The smallest absolute Gasteiger partial charge is 0.349 e. The van der Waals surface area contributed by atoms with Crippen LogP contribution in [0, 0.1) is 0 Å². The lowest BCUT2D eigenvalue weighted by Gasteiger charge is -2.00. The molecule has 0 radical (unpaired) electrons. The Morgan fingerprint density at radius 3 is 2.67 bits per heavy atom. The summed E-state index contributed by atoms with van der Waals surface area (Å²) in [6.45, 7) is 1.50. The van der Waals surface area contributed by atoms with E-state index in [4.69, 9.17) is 11.6 Å². The minimum atomic E-state index is -3.44. The minimum Gasteiger partial charge on any atom is -0.465 e. The Balaban J connectivity index is 3.36. The summed E-state index contributed by atoms with van der Waals surface area (Å²) >= 11 is 6.58. The van der Waals surface area contributed by atoms with Crippen molar-refractivity contribution in [2.24, 2.45) is 0 Å². The molecule has 4 nitrogen and oxygen atoms in total. The molecule has 0 aliphatic rings. The van der Waals surface area contributed by atoms with E-state index >= 15 is 0 Å². The number of methoxy groups -OCH3 is 1. The van der Waals surface area contributed by atoms with Gasteiger partial charge in [-0.25, -0.2) is 13.2 Å². The molecule has 1 rings (SSSR count). The van der Waals surface area contributed by atoms with Crippen LogP contribution in [0.15, 0.2) is 11.0 Å². The molecule has 0 spiro atoms. The third-order valence-corrected chi connectivity index (χ3v) is 4.88. The van der Waals surface area contributed by atoms with Gasteiger partial charge in [0.05, 0.1) is 22.1 Å². The molecule has 0 atom stereocenters. The quantitative estimate of drug-likeness (QED) is 0.787. The lowest BCUT2D eigenvalue weighted by atomic mass is 10.5. The number of esters is 1. The maximum Gasteiger partial charge on any atom is 0.349 e. The molecule has 84 valence electrons. The molecule has 0 amide bonds. The first kappa shape index (κ1) is 12.5. The van der Waals surface area contributed by atoms with Gasteiger partial charge in [-0.2, -0.15) is 0 Å². The highest BCUT2D eigenvalue weighted by Crippen LogP contribution is 2.31. The zero-order chi connectivity index (χ0) is 11.6. The zero-order valence-electron chi connectivity index (χ0n) is 8.11. The fourth-order valence-corrected chi connectivity index (χ4v) is 3.63. The van der Waals surface area contributed by atoms with Crippen LogP contribution >= 0.6 is 22.9 Å². The number of carbonyl (C=O) groups is 1. The van der Waals surface area contributed by atoms with Crippen LogP contribution in [0.1, 0.15) is 16.6 Å². The Morgan fingerprint density at radius 1 is 1.60 bits per heavy atom. The second-order valence-corrected chi connectivity index (χ2v) is 6.57. The van der Waals surface area contributed by atoms with Crippen molar-refractivity contribution in [1.29, 1.82) is 0 Å². The van der Waals surface area contributed by atoms with Crippen molar-refractivity contribution >= 4 is 38.7 Å². The molecule has 1 aromatic heterocycles. The van der Waals surface area contributed by atoms with Crippen molar-refractivity contribution in [3.63, 3.8) is 0 Å². The Bertz CT molecular complexity index is 475. The van der Waals surface area contributed by atoms with E-state index in [-0.39, 0.29) is 19.9 Å². The first-order chi connectivity index (χ1) is 6.92. The van der Waals surface area contributed by atoms with E-state index in [0.717, 1.165) is 11.3 Å². The summed E-state index contributed by atoms with van der Waals surface area (Å²) in [4.78, 5) is 11.3. The number of carbonyl (C=O) groups excluding carboxylic acids is 1. The van der Waals surface area contributed by atoms with Crippen LogP contribution in [0.4, 0.5) is 0 Å². The predicted molar refractivity (Wildman–Crippen MR) is 58.4 cm³/mol. The van der Waals surface area contributed by atoms with Gasteiger partial charge in [-0.15, -0.1) is 11.3 Å². The van der Waals surface area contributed by atoms with Gasteiger partial charge in [-0.05, 0) is 6.07 Å². The van der Waals surface area contributed by atoms with E-state index in [1.807, 2.05) is 0 Å². The van der Waals surface area contributed by atoms with Crippen LogP contribution in [0.5, 0.6) is 0 Å². The average Bonchev–Trinajstić information content (AvgIpc) is 2.60. The lowest BCUT2D eigenvalue weighted by Crippen LogP contribution is -2.09. The topological polar surface area (TPSA) is 60.4 Å². The van der Waals surface area contributed by atoms with E-state index in [1.165, 1.54) is 20.1 Å². The van der Waals surface area contributed by atoms with Crippen LogP contribution in [-0.4, -0.2) is 27.2 Å². The van der Waals surface area contributed by atoms with Crippen molar-refractivity contribution in [2.45, 2.75) is 11.8 Å². The van der Waals surface area contributed by atoms with Crippen LogP contribution in [0.25, 0.3) is 0 Å². The van der Waals surface area contributed by atoms with Gasteiger partial charge in [0.25, 0.3) is 0 Å². The lowest BCUT2D eigenvalue weighted by molar-refractivity contribution is 0.0602. The van der Waals surface area contributed by atoms with Crippen molar-refractivity contribution < 1.29 is 17.9 Å². The molecule has 15 heavy (non-hydrogen) atoms. The van der Waals surface area contributed by atoms with Crippen LogP contribution in [0.2, 0.25) is 4.34 Å². The SMILES string of the molecule is CCS(=O)(=O)c1cc(Cl)sc1C(=O)OC. The van der Waals surface area contributed by atoms with Crippen molar-refractivity contribution in [1.82, 2.24) is 0 Å². The largest absolute Gasteiger partial charge is 0.465 e. The maximum absolute atomic E-state index is 11.6. The zero-order valence-corrected chi connectivity index (χ0v) is 10.5. The molecule has 0 aliphatic heterocycles. The van der Waals surface area contributed by atoms with Crippen LogP contribution in [0.3, 0.4) is 0 Å². The number of thiophene rings is 1. The molecule has 0 unspecified atom stereocenters. The van der Waals surface area contributed by atoms with Gasteiger partial charge < -0.3 is 4.74 Å². The van der Waals surface area contributed by atoms with E-state index < -0.39 is 15.8 Å². The first-order valence-corrected chi connectivity index (χ1v) is 6.87. The standard InChI is InChI=1S/C8H9ClO4S2/c1-3-15(11,12)5-4-6(9)14-7(5)8(10)13-2/h4H,3H2,1-2H3. The highest BCUT2D eigenvalue weighted by molar-refractivity contribution is 7.91. The summed E-state index contributed by atoms with van der Waals surface area (Å²) in [7, 11) is -2.25. The van der Waals surface area contributed by atoms with Gasteiger partial charge in [-0.1, -0.05) is 18.5 Å². The number of hydrogen-bond donors (Lipinski definition) is 0. The van der Waals surface area contributed by atoms with E-state index in [0.29, 0.717) is 0 Å². The second kappa shape index (κ2) is 4.51. The molecule has 0 saturated carbocycles. The molecule has 0 aromatic carbocycles. The van der Waals surface area contributed by atoms with Crippen LogP contribution < -0.4 is 0 Å². The minimum absolute atomic E-state index is 0.0318. The van der Waals surface area contributed by atoms with Crippen molar-refractivity contribution in [2.75, 3.05) is 12.9 Å². The van der Waals surface area contributed by atoms with Gasteiger partial charge in [0.1, 0.15) is 4.88 Å². The molecule has 0 aliphatic carbocycles. The fraction of sp³-hybridized carbons (Fsp3) is 0.375. The van der Waals surface area contributed by atoms with Crippen LogP contribution in [-0.2, 0) is 14.6 Å². The maximum atomic E-state index is 11.6. The number of sulfone groups is 1. The Morgan fingerprint density at radius 2 is 2.20 bits per heavy atom. The molecule has 0 saturated heterocycles. The monoisotopic (exact) mass is 268 g/mol. The normalized spacial score (nSPS) is 11.4. The highest BCUT2D eigenvalue weighted by Gasteiger charge is 2.24. The molecule has 0 bridgehead atoms. The summed E-state index contributed by atoms with van der Waals surface area (Å²) in [5, 5.41) is 0. The van der Waals surface area contributed by atoms with Gasteiger partial charge in [-0.3, -0.25) is 0 Å². The first-order valence-electron chi connectivity index (χ1n) is 4.02. The Kier molecular flexibility index (Phi) is 3.75. The van der Waals surface area contributed by atoms with Gasteiger partial charge in [0.15, 0.2) is 9.84 Å².